The summed E-state index contributed by atoms with van der Waals surface area (Å²) in [4.78, 5) is 6.98. The lowest BCUT2D eigenvalue weighted by Crippen LogP contribution is -2.23. The van der Waals surface area contributed by atoms with Gasteiger partial charge in [-0.2, -0.15) is 0 Å². The van der Waals surface area contributed by atoms with Crippen LogP contribution in [0.2, 0.25) is 0 Å². The minimum absolute atomic E-state index is 0.395. The van der Waals surface area contributed by atoms with Crippen molar-refractivity contribution in [3.63, 3.8) is 0 Å². The van der Waals surface area contributed by atoms with Crippen LogP contribution in [0.4, 0.5) is 5.82 Å². The molecule has 1 aliphatic heterocycles. The summed E-state index contributed by atoms with van der Waals surface area (Å²) in [6.45, 7) is 6.03. The van der Waals surface area contributed by atoms with Crippen LogP contribution >= 0.6 is 0 Å². The summed E-state index contributed by atoms with van der Waals surface area (Å²) in [5.41, 5.74) is 1.13. The zero-order chi connectivity index (χ0) is 12.1. The van der Waals surface area contributed by atoms with Crippen LogP contribution in [0.3, 0.4) is 0 Å². The van der Waals surface area contributed by atoms with Gasteiger partial charge in [0, 0.05) is 33.3 Å². The van der Waals surface area contributed by atoms with E-state index in [1.807, 2.05) is 6.07 Å². The normalized spacial score (nSPS) is 20.7. The Bertz CT molecular complexity index is 356. The molecule has 0 aromatic carbocycles. The summed E-state index contributed by atoms with van der Waals surface area (Å²) in [6.07, 6.45) is 1.52. The molecule has 17 heavy (non-hydrogen) atoms. The van der Waals surface area contributed by atoms with Crippen molar-refractivity contribution >= 4 is 5.82 Å². The number of likely N-dealkylation sites (tertiary alicyclic amines) is 1. The minimum atomic E-state index is 0.395. The number of nitrogens with zero attached hydrogens (tertiary/aromatic N) is 2. The van der Waals surface area contributed by atoms with Crippen molar-refractivity contribution in [3.8, 4) is 0 Å². The Labute approximate surface area is 103 Å². The van der Waals surface area contributed by atoms with Gasteiger partial charge in [-0.15, -0.1) is 0 Å². The number of anilines is 1. The monoisotopic (exact) mass is 235 g/mol. The number of hydrogen-bond donors (Lipinski definition) is 1. The van der Waals surface area contributed by atoms with E-state index in [1.165, 1.54) is 0 Å². The highest BCUT2D eigenvalue weighted by Crippen LogP contribution is 2.15. The Morgan fingerprint density at radius 3 is 3.12 bits per heavy atom. The minimum Gasteiger partial charge on any atom is -0.380 e. The maximum absolute atomic E-state index is 5.37. The maximum atomic E-state index is 5.37. The smallest absolute Gasteiger partial charge is 0.126 e. The average Bonchev–Trinajstić information content (AvgIpc) is 2.78. The SMILES string of the molecule is CCNc1cccc(CN2CCC(OC)C2)n1. The van der Waals surface area contributed by atoms with Gasteiger partial charge in [-0.25, -0.2) is 4.98 Å². The Morgan fingerprint density at radius 2 is 2.41 bits per heavy atom. The second-order valence-corrected chi connectivity index (χ2v) is 4.43. The Balaban J connectivity index is 1.92. The molecule has 4 nitrogen and oxygen atoms in total. The van der Waals surface area contributed by atoms with Crippen molar-refractivity contribution in [1.29, 1.82) is 0 Å². The molecule has 94 valence electrons. The van der Waals surface area contributed by atoms with Gasteiger partial charge in [0.2, 0.25) is 0 Å². The van der Waals surface area contributed by atoms with Crippen molar-refractivity contribution < 1.29 is 4.74 Å². The topological polar surface area (TPSA) is 37.4 Å². The highest BCUT2D eigenvalue weighted by molar-refractivity contribution is 5.34. The molecule has 0 aliphatic carbocycles. The number of methoxy groups -OCH3 is 1. The standard InChI is InChI=1S/C13H21N3O/c1-3-14-13-6-4-5-11(15-13)9-16-8-7-12(10-16)17-2/h4-6,12H,3,7-10H2,1-2H3,(H,14,15). The molecule has 2 heterocycles. The third-order valence-electron chi connectivity index (χ3n) is 3.11. The van der Waals surface area contributed by atoms with E-state index in [0.717, 1.165) is 44.1 Å². The molecule has 0 spiro atoms. The summed E-state index contributed by atoms with van der Waals surface area (Å²) >= 11 is 0. The molecule has 0 amide bonds. The second kappa shape index (κ2) is 5.98. The van der Waals surface area contributed by atoms with Crippen LogP contribution in [0.5, 0.6) is 0 Å². The van der Waals surface area contributed by atoms with Crippen LogP contribution < -0.4 is 5.32 Å². The molecule has 1 atom stereocenters. The summed E-state index contributed by atoms with van der Waals surface area (Å²) in [7, 11) is 1.79. The molecule has 1 aromatic heterocycles. The molecule has 1 N–H and O–H groups in total. The van der Waals surface area contributed by atoms with Gasteiger partial charge in [0.1, 0.15) is 5.82 Å². The average molecular weight is 235 g/mol. The van der Waals surface area contributed by atoms with Crippen LogP contribution in [-0.2, 0) is 11.3 Å². The van der Waals surface area contributed by atoms with E-state index in [4.69, 9.17) is 4.74 Å². The molecule has 1 unspecified atom stereocenters. The van der Waals surface area contributed by atoms with Crippen LogP contribution in [0.15, 0.2) is 18.2 Å². The predicted octanol–water partition coefficient (Wildman–Crippen LogP) is 1.73. The largest absolute Gasteiger partial charge is 0.380 e. The van der Waals surface area contributed by atoms with Crippen LogP contribution in [0.25, 0.3) is 0 Å². The first-order valence-electron chi connectivity index (χ1n) is 6.26. The van der Waals surface area contributed by atoms with E-state index in [-0.39, 0.29) is 0 Å². The fraction of sp³-hybridized carbons (Fsp3) is 0.615. The zero-order valence-corrected chi connectivity index (χ0v) is 10.6. The molecule has 1 saturated heterocycles. The lowest BCUT2D eigenvalue weighted by atomic mass is 10.3. The Morgan fingerprint density at radius 1 is 1.53 bits per heavy atom. The predicted molar refractivity (Wildman–Crippen MR) is 69.1 cm³/mol. The van der Waals surface area contributed by atoms with Gasteiger partial charge in [0.25, 0.3) is 0 Å². The fourth-order valence-electron chi connectivity index (χ4n) is 2.21. The highest BCUT2D eigenvalue weighted by Gasteiger charge is 2.22. The van der Waals surface area contributed by atoms with Gasteiger partial charge in [-0.1, -0.05) is 6.07 Å². The van der Waals surface area contributed by atoms with Crippen molar-refractivity contribution in [3.05, 3.63) is 23.9 Å². The summed E-state index contributed by atoms with van der Waals surface area (Å²) in [5, 5.41) is 3.24. The van der Waals surface area contributed by atoms with Crippen molar-refractivity contribution in [2.45, 2.75) is 26.0 Å². The Hall–Kier alpha value is -1.13. The van der Waals surface area contributed by atoms with E-state index >= 15 is 0 Å². The summed E-state index contributed by atoms with van der Waals surface area (Å²) < 4.78 is 5.37. The zero-order valence-electron chi connectivity index (χ0n) is 10.6. The first kappa shape index (κ1) is 12.3. The molecule has 1 aromatic rings. The van der Waals surface area contributed by atoms with Crippen LogP contribution in [-0.4, -0.2) is 42.7 Å². The number of ether oxygens (including phenoxy) is 1. The number of aromatic nitrogens is 1. The van der Waals surface area contributed by atoms with Crippen molar-refractivity contribution in [2.75, 3.05) is 32.1 Å². The van der Waals surface area contributed by atoms with E-state index in [2.05, 4.69) is 34.3 Å². The van der Waals surface area contributed by atoms with Gasteiger partial charge >= 0.3 is 0 Å². The third kappa shape index (κ3) is 3.41. The van der Waals surface area contributed by atoms with Gasteiger partial charge in [0.15, 0.2) is 0 Å². The number of pyridine rings is 1. The highest BCUT2D eigenvalue weighted by atomic mass is 16.5. The molecule has 0 radical (unpaired) electrons. The first-order chi connectivity index (χ1) is 8.31. The van der Waals surface area contributed by atoms with Gasteiger partial charge in [-0.3, -0.25) is 4.90 Å². The maximum Gasteiger partial charge on any atom is 0.126 e. The van der Waals surface area contributed by atoms with E-state index in [0.29, 0.717) is 6.10 Å². The second-order valence-electron chi connectivity index (χ2n) is 4.43. The van der Waals surface area contributed by atoms with Crippen LogP contribution in [0.1, 0.15) is 19.0 Å². The van der Waals surface area contributed by atoms with Gasteiger partial charge < -0.3 is 10.1 Å². The van der Waals surface area contributed by atoms with E-state index in [1.54, 1.807) is 7.11 Å². The summed E-state index contributed by atoms with van der Waals surface area (Å²) in [6, 6.07) is 6.15. The molecule has 0 bridgehead atoms. The van der Waals surface area contributed by atoms with Crippen molar-refractivity contribution in [1.82, 2.24) is 9.88 Å². The van der Waals surface area contributed by atoms with E-state index in [9.17, 15) is 0 Å². The molecular formula is C13H21N3O. The van der Waals surface area contributed by atoms with E-state index < -0.39 is 0 Å². The first-order valence-corrected chi connectivity index (χ1v) is 6.26. The molecule has 0 saturated carbocycles. The van der Waals surface area contributed by atoms with Gasteiger partial charge in [0.05, 0.1) is 11.8 Å². The van der Waals surface area contributed by atoms with Crippen molar-refractivity contribution in [2.24, 2.45) is 0 Å². The molecule has 1 fully saturated rings. The van der Waals surface area contributed by atoms with Crippen LogP contribution in [0, 0.1) is 0 Å². The number of hydrogen-bond acceptors (Lipinski definition) is 4. The fourth-order valence-corrected chi connectivity index (χ4v) is 2.21. The lowest BCUT2D eigenvalue weighted by molar-refractivity contribution is 0.107. The summed E-state index contributed by atoms with van der Waals surface area (Å²) in [5.74, 6) is 0.965. The quantitative estimate of drug-likeness (QED) is 0.843. The number of rotatable bonds is 5. The van der Waals surface area contributed by atoms with Gasteiger partial charge in [-0.05, 0) is 25.5 Å². The molecule has 2 rings (SSSR count). The number of nitrogens with one attached hydrogen (secondary N) is 1. The molecule has 4 heteroatoms. The Kier molecular flexibility index (Phi) is 4.34. The lowest BCUT2D eigenvalue weighted by Gasteiger charge is -2.15. The third-order valence-corrected chi connectivity index (χ3v) is 3.11. The molecule has 1 aliphatic rings. The molecular weight excluding hydrogens is 214 g/mol.